The molecule has 2 saturated heterocycles. The molecule has 1 atom stereocenters. The number of carbonyl (C=O) groups is 1. The average molecular weight is 389 g/mol. The van der Waals surface area contributed by atoms with Crippen LogP contribution in [0.1, 0.15) is 24.0 Å². The molecule has 0 saturated carbocycles. The number of ether oxygens (including phenoxy) is 2. The number of rotatable bonds is 5. The first-order valence-corrected chi connectivity index (χ1v) is 8.88. The molecule has 2 fully saturated rings. The molecule has 5 nitrogen and oxygen atoms in total. The quantitative estimate of drug-likeness (QED) is 0.838. The predicted molar refractivity (Wildman–Crippen MR) is 93.4 cm³/mol. The SMILES string of the molecule is COCCC1CCOC12CN(Cc1ccccc1C)C2.O=C(O)C(F)(F)F. The second-order valence-corrected chi connectivity index (χ2v) is 7.05. The maximum absolute atomic E-state index is 10.6. The van der Waals surface area contributed by atoms with E-state index in [2.05, 4.69) is 36.1 Å². The Morgan fingerprint density at radius 1 is 1.37 bits per heavy atom. The maximum atomic E-state index is 10.6. The van der Waals surface area contributed by atoms with Crippen molar-refractivity contribution < 1.29 is 32.5 Å². The summed E-state index contributed by atoms with van der Waals surface area (Å²) >= 11 is 0. The summed E-state index contributed by atoms with van der Waals surface area (Å²) in [5.41, 5.74) is 2.95. The molecular weight excluding hydrogens is 363 g/mol. The number of hydrogen-bond donors (Lipinski definition) is 1. The van der Waals surface area contributed by atoms with Gasteiger partial charge in [0, 0.05) is 40.0 Å². The van der Waals surface area contributed by atoms with Crippen LogP contribution in [-0.2, 0) is 20.8 Å². The van der Waals surface area contributed by atoms with E-state index < -0.39 is 12.1 Å². The number of alkyl halides is 3. The van der Waals surface area contributed by atoms with Crippen molar-refractivity contribution in [2.24, 2.45) is 5.92 Å². The van der Waals surface area contributed by atoms with Crippen molar-refractivity contribution in [3.05, 3.63) is 35.4 Å². The molecule has 1 aromatic rings. The highest BCUT2D eigenvalue weighted by Gasteiger charge is 2.52. The number of halogens is 3. The molecule has 0 amide bonds. The summed E-state index contributed by atoms with van der Waals surface area (Å²) in [6, 6.07) is 8.67. The number of hydrogen-bond acceptors (Lipinski definition) is 4. The van der Waals surface area contributed by atoms with Gasteiger partial charge in [0.15, 0.2) is 0 Å². The van der Waals surface area contributed by atoms with E-state index in [1.807, 2.05) is 0 Å². The van der Waals surface area contributed by atoms with Crippen molar-refractivity contribution in [3.63, 3.8) is 0 Å². The Bertz CT molecular complexity index is 630. The van der Waals surface area contributed by atoms with Crippen LogP contribution in [0.15, 0.2) is 24.3 Å². The van der Waals surface area contributed by atoms with Crippen LogP contribution in [0.25, 0.3) is 0 Å². The molecule has 3 rings (SSSR count). The topological polar surface area (TPSA) is 59.0 Å². The molecule has 0 radical (unpaired) electrons. The van der Waals surface area contributed by atoms with Crippen LogP contribution in [0.3, 0.4) is 0 Å². The lowest BCUT2D eigenvalue weighted by atomic mass is 9.79. The van der Waals surface area contributed by atoms with E-state index in [0.29, 0.717) is 5.92 Å². The minimum Gasteiger partial charge on any atom is -0.475 e. The molecule has 27 heavy (non-hydrogen) atoms. The molecule has 0 aromatic heterocycles. The van der Waals surface area contributed by atoms with Gasteiger partial charge in [-0.1, -0.05) is 24.3 Å². The fourth-order valence-corrected chi connectivity index (χ4v) is 3.65. The third-order valence-electron chi connectivity index (χ3n) is 5.15. The van der Waals surface area contributed by atoms with Gasteiger partial charge in [-0.2, -0.15) is 13.2 Å². The summed E-state index contributed by atoms with van der Waals surface area (Å²) in [4.78, 5) is 11.4. The number of aryl methyl sites for hydroxylation is 1. The zero-order chi connectivity index (χ0) is 20.1. The van der Waals surface area contributed by atoms with E-state index >= 15 is 0 Å². The summed E-state index contributed by atoms with van der Waals surface area (Å²) in [6.07, 6.45) is -2.75. The van der Waals surface area contributed by atoms with E-state index in [1.54, 1.807) is 7.11 Å². The van der Waals surface area contributed by atoms with E-state index in [9.17, 15) is 13.2 Å². The Kier molecular flexibility index (Phi) is 7.25. The molecule has 2 aliphatic heterocycles. The summed E-state index contributed by atoms with van der Waals surface area (Å²) in [5.74, 6) is -2.08. The highest BCUT2D eigenvalue weighted by atomic mass is 19.4. The van der Waals surface area contributed by atoms with Gasteiger partial charge in [0.2, 0.25) is 0 Å². The number of aliphatic carboxylic acids is 1. The molecule has 1 spiro atoms. The van der Waals surface area contributed by atoms with Crippen LogP contribution in [0, 0.1) is 12.8 Å². The highest BCUT2D eigenvalue weighted by Crippen LogP contribution is 2.42. The fourth-order valence-electron chi connectivity index (χ4n) is 3.65. The van der Waals surface area contributed by atoms with Crippen LogP contribution in [0.4, 0.5) is 13.2 Å². The van der Waals surface area contributed by atoms with Gasteiger partial charge < -0.3 is 14.6 Å². The number of likely N-dealkylation sites (tertiary alicyclic amines) is 1. The molecule has 152 valence electrons. The second-order valence-electron chi connectivity index (χ2n) is 7.05. The van der Waals surface area contributed by atoms with Gasteiger partial charge in [0.05, 0.1) is 5.60 Å². The number of carboxylic acid groups (broad SMARTS) is 1. The lowest BCUT2D eigenvalue weighted by Gasteiger charge is -2.50. The Balaban J connectivity index is 0.000000321. The maximum Gasteiger partial charge on any atom is 0.490 e. The van der Waals surface area contributed by atoms with Crippen LogP contribution < -0.4 is 0 Å². The van der Waals surface area contributed by atoms with E-state index in [-0.39, 0.29) is 5.60 Å². The molecule has 1 N–H and O–H groups in total. The van der Waals surface area contributed by atoms with Crippen LogP contribution in [0.5, 0.6) is 0 Å². The second kappa shape index (κ2) is 9.03. The lowest BCUT2D eigenvalue weighted by Crippen LogP contribution is -2.64. The van der Waals surface area contributed by atoms with Crippen LogP contribution in [-0.4, -0.2) is 61.2 Å². The third-order valence-corrected chi connectivity index (χ3v) is 5.15. The third kappa shape index (κ3) is 5.67. The van der Waals surface area contributed by atoms with Crippen molar-refractivity contribution in [2.45, 2.75) is 38.1 Å². The molecular formula is C19H26F3NO4. The zero-order valence-corrected chi connectivity index (χ0v) is 15.6. The van der Waals surface area contributed by atoms with Crippen LogP contribution in [0.2, 0.25) is 0 Å². The molecule has 1 aromatic carbocycles. The van der Waals surface area contributed by atoms with Gasteiger partial charge in [0.1, 0.15) is 0 Å². The summed E-state index contributed by atoms with van der Waals surface area (Å²) < 4.78 is 43.1. The standard InChI is InChI=1S/C17H25NO2.C2HF3O2/c1-14-5-3-4-6-15(14)11-18-12-17(13-18)16(7-9-19-2)8-10-20-17;3-2(4,5)1(6)7/h3-6,16H,7-13H2,1-2H3;(H,6,7). The van der Waals surface area contributed by atoms with Crippen molar-refractivity contribution in [3.8, 4) is 0 Å². The number of nitrogens with zero attached hydrogens (tertiary/aromatic N) is 1. The Morgan fingerprint density at radius 3 is 2.56 bits per heavy atom. The fraction of sp³-hybridized carbons (Fsp3) is 0.632. The summed E-state index contributed by atoms with van der Waals surface area (Å²) in [6.45, 7) is 7.18. The minimum atomic E-state index is -5.08. The van der Waals surface area contributed by atoms with Gasteiger partial charge in [-0.15, -0.1) is 0 Å². The Hall–Kier alpha value is -1.64. The first-order valence-electron chi connectivity index (χ1n) is 8.88. The van der Waals surface area contributed by atoms with Gasteiger partial charge in [0.25, 0.3) is 0 Å². The highest BCUT2D eigenvalue weighted by molar-refractivity contribution is 5.73. The van der Waals surface area contributed by atoms with E-state index in [4.69, 9.17) is 19.4 Å². The van der Waals surface area contributed by atoms with Crippen molar-refractivity contribution in [1.82, 2.24) is 4.90 Å². The van der Waals surface area contributed by atoms with Gasteiger partial charge in [-0.05, 0) is 36.8 Å². The summed E-state index contributed by atoms with van der Waals surface area (Å²) in [5, 5.41) is 7.12. The summed E-state index contributed by atoms with van der Waals surface area (Å²) in [7, 11) is 1.79. The minimum absolute atomic E-state index is 0.126. The molecule has 2 aliphatic rings. The van der Waals surface area contributed by atoms with E-state index in [1.165, 1.54) is 17.5 Å². The molecule has 8 heteroatoms. The largest absolute Gasteiger partial charge is 0.490 e. The average Bonchev–Trinajstić information content (AvgIpc) is 2.98. The molecule has 0 bridgehead atoms. The first kappa shape index (κ1) is 21.7. The van der Waals surface area contributed by atoms with Crippen molar-refractivity contribution in [1.29, 1.82) is 0 Å². The first-order chi connectivity index (χ1) is 12.7. The smallest absolute Gasteiger partial charge is 0.475 e. The van der Waals surface area contributed by atoms with E-state index in [0.717, 1.165) is 39.3 Å². The Labute approximate surface area is 157 Å². The van der Waals surface area contributed by atoms with Crippen molar-refractivity contribution in [2.75, 3.05) is 33.4 Å². The molecule has 2 heterocycles. The van der Waals surface area contributed by atoms with Crippen LogP contribution >= 0.6 is 0 Å². The molecule has 1 unspecified atom stereocenters. The van der Waals surface area contributed by atoms with Gasteiger partial charge >= 0.3 is 12.1 Å². The Morgan fingerprint density at radius 2 is 2.00 bits per heavy atom. The normalized spacial score (nSPS) is 21.4. The monoisotopic (exact) mass is 389 g/mol. The van der Waals surface area contributed by atoms with Gasteiger partial charge in [-0.3, -0.25) is 4.90 Å². The zero-order valence-electron chi connectivity index (χ0n) is 15.6. The lowest BCUT2D eigenvalue weighted by molar-refractivity contribution is -0.192. The predicted octanol–water partition coefficient (Wildman–Crippen LogP) is 3.26. The number of methoxy groups -OCH3 is 1. The number of carboxylic acids is 1. The van der Waals surface area contributed by atoms with Gasteiger partial charge in [-0.25, -0.2) is 4.79 Å². The number of benzene rings is 1. The molecule has 0 aliphatic carbocycles. The van der Waals surface area contributed by atoms with Crippen molar-refractivity contribution >= 4 is 5.97 Å².